The van der Waals surface area contributed by atoms with Crippen LogP contribution in [-0.2, 0) is 7.05 Å². The van der Waals surface area contributed by atoms with Gasteiger partial charge in [-0.05, 0) is 43.2 Å². The van der Waals surface area contributed by atoms with E-state index in [2.05, 4.69) is 25.6 Å². The molecule has 1 spiro atoms. The van der Waals surface area contributed by atoms with Gasteiger partial charge in [-0.1, -0.05) is 24.3 Å². The van der Waals surface area contributed by atoms with Crippen molar-refractivity contribution in [1.82, 2.24) is 30.3 Å². The van der Waals surface area contributed by atoms with Gasteiger partial charge in [-0.25, -0.2) is 5.10 Å². The molecule has 0 unspecified atom stereocenters. The topological polar surface area (TPSA) is 106 Å². The zero-order valence-corrected chi connectivity index (χ0v) is 18.3. The van der Waals surface area contributed by atoms with Crippen LogP contribution in [0.2, 0.25) is 0 Å². The summed E-state index contributed by atoms with van der Waals surface area (Å²) in [6.07, 6.45) is 9.45. The number of nitrogens with one attached hydrogen (secondary N) is 2. The molecule has 166 valence electrons. The van der Waals surface area contributed by atoms with E-state index in [1.807, 2.05) is 43.6 Å². The van der Waals surface area contributed by atoms with Crippen molar-refractivity contribution in [3.8, 4) is 11.1 Å². The van der Waals surface area contributed by atoms with E-state index in [0.717, 1.165) is 47.9 Å². The molecule has 0 saturated heterocycles. The molecule has 2 aliphatic rings. The molecule has 3 aromatic heterocycles. The second kappa shape index (κ2) is 7.37. The molecule has 2 N–H and O–H groups in total. The number of hydrogen-bond acceptors (Lipinski definition) is 5. The Kier molecular flexibility index (Phi) is 4.43. The Balaban J connectivity index is 1.06. The highest BCUT2D eigenvalue weighted by Crippen LogP contribution is 2.62. The predicted octanol–water partition coefficient (Wildman–Crippen LogP) is 3.17. The fourth-order valence-electron chi connectivity index (χ4n) is 5.58. The quantitative estimate of drug-likeness (QED) is 0.507. The van der Waals surface area contributed by atoms with Crippen LogP contribution in [0.3, 0.4) is 0 Å². The van der Waals surface area contributed by atoms with Crippen LogP contribution in [0.1, 0.15) is 47.8 Å². The van der Waals surface area contributed by atoms with Gasteiger partial charge in [0, 0.05) is 47.9 Å². The van der Waals surface area contributed by atoms with Gasteiger partial charge in [0.05, 0.1) is 17.3 Å². The molecule has 0 bridgehead atoms. The summed E-state index contributed by atoms with van der Waals surface area (Å²) < 4.78 is 1.74. The van der Waals surface area contributed by atoms with E-state index in [1.165, 1.54) is 0 Å². The number of aromatic nitrogens is 5. The number of carbonyl (C=O) groups is 1. The van der Waals surface area contributed by atoms with Gasteiger partial charge in [0.1, 0.15) is 5.69 Å². The SMILES string of the molecule is Cn1cc(-c2ccc(C(=O)N[C@H]3CC4(C3)C[C@H](c3n[nH]c(=O)c5ccccc53)C4)nc2)cn1. The summed E-state index contributed by atoms with van der Waals surface area (Å²) in [5.41, 5.74) is 3.46. The molecule has 33 heavy (non-hydrogen) atoms. The molecular weight excluding hydrogens is 416 g/mol. The number of aromatic amines is 1. The lowest BCUT2D eigenvalue weighted by molar-refractivity contribution is -0.0197. The average Bonchev–Trinajstić information content (AvgIpc) is 3.22. The van der Waals surface area contributed by atoms with Crippen LogP contribution in [0.4, 0.5) is 0 Å². The first kappa shape index (κ1) is 19.8. The summed E-state index contributed by atoms with van der Waals surface area (Å²) in [5, 5.41) is 16.0. The number of H-pyrrole nitrogens is 1. The summed E-state index contributed by atoms with van der Waals surface area (Å²) in [4.78, 5) is 29.0. The standard InChI is InChI=1S/C25H24N6O2/c1-31-14-17(13-27-31)15-6-7-21(26-12-15)24(33)28-18-10-25(11-18)8-16(9-25)22-19-4-2-3-5-20(19)23(32)30-29-22/h2-7,12-14,16,18H,8-11H2,1H3,(H,28,33)(H,30,32)/t16-,18-,25?. The zero-order chi connectivity index (χ0) is 22.6. The van der Waals surface area contributed by atoms with Crippen LogP contribution in [0.5, 0.6) is 0 Å². The maximum atomic E-state index is 12.6. The lowest BCUT2D eigenvalue weighted by Crippen LogP contribution is -2.55. The summed E-state index contributed by atoms with van der Waals surface area (Å²) in [6.45, 7) is 0. The van der Waals surface area contributed by atoms with E-state index in [-0.39, 0.29) is 22.9 Å². The average molecular weight is 441 g/mol. The molecule has 2 saturated carbocycles. The minimum Gasteiger partial charge on any atom is -0.348 e. The minimum absolute atomic E-state index is 0.128. The molecule has 8 heteroatoms. The first-order valence-electron chi connectivity index (χ1n) is 11.2. The summed E-state index contributed by atoms with van der Waals surface area (Å²) >= 11 is 0. The van der Waals surface area contributed by atoms with E-state index >= 15 is 0 Å². The largest absolute Gasteiger partial charge is 0.348 e. The fourth-order valence-corrected chi connectivity index (χ4v) is 5.58. The number of aryl methyl sites for hydroxylation is 1. The lowest BCUT2D eigenvalue weighted by atomic mass is 9.49. The lowest BCUT2D eigenvalue weighted by Gasteiger charge is -2.57. The molecule has 4 aromatic rings. The second-order valence-electron chi connectivity index (χ2n) is 9.50. The van der Waals surface area contributed by atoms with Crippen LogP contribution < -0.4 is 10.9 Å². The predicted molar refractivity (Wildman–Crippen MR) is 124 cm³/mol. The number of carbonyl (C=O) groups excluding carboxylic acids is 1. The van der Waals surface area contributed by atoms with Crippen molar-refractivity contribution in [2.24, 2.45) is 12.5 Å². The molecule has 1 aromatic carbocycles. The van der Waals surface area contributed by atoms with E-state index in [9.17, 15) is 9.59 Å². The van der Waals surface area contributed by atoms with Crippen molar-refractivity contribution >= 4 is 16.7 Å². The molecule has 1 amide bonds. The maximum Gasteiger partial charge on any atom is 0.272 e. The first-order valence-corrected chi connectivity index (χ1v) is 11.2. The summed E-state index contributed by atoms with van der Waals surface area (Å²) in [6, 6.07) is 11.5. The monoisotopic (exact) mass is 440 g/mol. The van der Waals surface area contributed by atoms with Gasteiger partial charge >= 0.3 is 0 Å². The third-order valence-corrected chi connectivity index (χ3v) is 7.20. The molecule has 8 nitrogen and oxygen atoms in total. The van der Waals surface area contributed by atoms with Gasteiger partial charge in [-0.15, -0.1) is 0 Å². The van der Waals surface area contributed by atoms with Crippen LogP contribution in [0, 0.1) is 5.41 Å². The summed E-state index contributed by atoms with van der Waals surface area (Å²) in [5.74, 6) is 0.224. The van der Waals surface area contributed by atoms with E-state index < -0.39 is 0 Å². The van der Waals surface area contributed by atoms with E-state index in [1.54, 1.807) is 23.1 Å². The number of pyridine rings is 1. The molecule has 0 radical (unpaired) electrons. The van der Waals surface area contributed by atoms with E-state index in [4.69, 9.17) is 0 Å². The van der Waals surface area contributed by atoms with Gasteiger partial charge in [0.15, 0.2) is 0 Å². The Morgan fingerprint density at radius 1 is 1.06 bits per heavy atom. The number of amides is 1. The Hall–Kier alpha value is -3.81. The van der Waals surface area contributed by atoms with Crippen molar-refractivity contribution in [1.29, 1.82) is 0 Å². The van der Waals surface area contributed by atoms with Gasteiger partial charge in [0.25, 0.3) is 11.5 Å². The number of fused-ring (bicyclic) bond motifs is 1. The number of rotatable bonds is 4. The van der Waals surface area contributed by atoms with Crippen molar-refractivity contribution in [3.05, 3.63) is 76.7 Å². The van der Waals surface area contributed by atoms with Gasteiger partial charge < -0.3 is 5.32 Å². The molecule has 2 fully saturated rings. The Morgan fingerprint density at radius 3 is 2.55 bits per heavy atom. The molecule has 0 aliphatic heterocycles. The Bertz CT molecular complexity index is 1410. The highest BCUT2D eigenvalue weighted by molar-refractivity contribution is 5.92. The molecule has 3 heterocycles. The smallest absolute Gasteiger partial charge is 0.272 e. The summed E-state index contributed by atoms with van der Waals surface area (Å²) in [7, 11) is 1.87. The Labute approximate surface area is 190 Å². The second-order valence-corrected chi connectivity index (χ2v) is 9.50. The third-order valence-electron chi connectivity index (χ3n) is 7.20. The molecule has 2 aliphatic carbocycles. The van der Waals surface area contributed by atoms with Gasteiger partial charge in [0.2, 0.25) is 0 Å². The van der Waals surface area contributed by atoms with Crippen molar-refractivity contribution in [3.63, 3.8) is 0 Å². The van der Waals surface area contributed by atoms with Crippen molar-refractivity contribution in [2.45, 2.75) is 37.6 Å². The van der Waals surface area contributed by atoms with Crippen molar-refractivity contribution < 1.29 is 4.79 Å². The number of nitrogens with zero attached hydrogens (tertiary/aromatic N) is 4. The van der Waals surface area contributed by atoms with Crippen LogP contribution in [0.25, 0.3) is 21.9 Å². The van der Waals surface area contributed by atoms with Gasteiger partial charge in [-0.2, -0.15) is 10.2 Å². The number of benzene rings is 1. The molecule has 6 rings (SSSR count). The third kappa shape index (κ3) is 3.42. The highest BCUT2D eigenvalue weighted by Gasteiger charge is 2.54. The first-order chi connectivity index (χ1) is 16.0. The molecule has 0 atom stereocenters. The minimum atomic E-state index is -0.142. The maximum absolute atomic E-state index is 12.6. The van der Waals surface area contributed by atoms with E-state index in [0.29, 0.717) is 17.0 Å². The van der Waals surface area contributed by atoms with Gasteiger partial charge in [-0.3, -0.25) is 19.3 Å². The number of hydrogen-bond donors (Lipinski definition) is 2. The molecular formula is C25H24N6O2. The van der Waals surface area contributed by atoms with Crippen LogP contribution in [0.15, 0.2) is 59.8 Å². The highest BCUT2D eigenvalue weighted by atomic mass is 16.2. The fraction of sp³-hybridized carbons (Fsp3) is 0.320. The Morgan fingerprint density at radius 2 is 1.85 bits per heavy atom. The normalized spacial score (nSPS) is 23.8. The zero-order valence-electron chi connectivity index (χ0n) is 18.3. The van der Waals surface area contributed by atoms with Crippen LogP contribution >= 0.6 is 0 Å². The van der Waals surface area contributed by atoms with Crippen molar-refractivity contribution in [2.75, 3.05) is 0 Å². The van der Waals surface area contributed by atoms with Crippen LogP contribution in [-0.4, -0.2) is 36.9 Å².